The fourth-order valence-electron chi connectivity index (χ4n) is 0.900. The van der Waals surface area contributed by atoms with Crippen molar-refractivity contribution in [3.05, 3.63) is 27.2 Å². The molecule has 1 aromatic rings. The Morgan fingerprint density at radius 3 is 2.46 bits per heavy atom. The predicted molar refractivity (Wildman–Crippen MR) is 55.3 cm³/mol. The van der Waals surface area contributed by atoms with Crippen molar-refractivity contribution in [3.8, 4) is 0 Å². The van der Waals surface area contributed by atoms with Crippen LogP contribution in [0.5, 0.6) is 0 Å². The van der Waals surface area contributed by atoms with E-state index < -0.39 is 10.0 Å². The van der Waals surface area contributed by atoms with Crippen LogP contribution in [-0.4, -0.2) is 8.42 Å². The maximum atomic E-state index is 11.0. The largest absolute Gasteiger partial charge is 0.239 e. The third-order valence-electron chi connectivity index (χ3n) is 1.45. The number of hydrogen-bond donors (Lipinski definition) is 1. The van der Waals surface area contributed by atoms with E-state index in [1.807, 2.05) is 0 Å². The molecule has 13 heavy (non-hydrogen) atoms. The van der Waals surface area contributed by atoms with Gasteiger partial charge in [-0.3, -0.25) is 0 Å². The monoisotopic (exact) mass is 283 g/mol. The molecule has 0 aromatic heterocycles. The third-order valence-corrected chi connectivity index (χ3v) is 4.02. The molecule has 0 amide bonds. The Kier molecular flexibility index (Phi) is 3.01. The van der Waals surface area contributed by atoms with E-state index in [0.29, 0.717) is 9.50 Å². The molecule has 0 saturated carbocycles. The molecule has 3 nitrogen and oxygen atoms in total. The number of benzene rings is 1. The highest BCUT2D eigenvalue weighted by Crippen LogP contribution is 2.30. The second kappa shape index (κ2) is 3.57. The number of sulfonamides is 1. The quantitative estimate of drug-likeness (QED) is 0.858. The van der Waals surface area contributed by atoms with Crippen molar-refractivity contribution in [2.45, 2.75) is 11.8 Å². The normalized spacial score (nSPS) is 11.7. The molecule has 0 bridgehead atoms. The zero-order valence-corrected chi connectivity index (χ0v) is 9.87. The molecule has 0 aliphatic rings. The molecule has 0 radical (unpaired) electrons. The fraction of sp³-hybridized carbons (Fsp3) is 0.143. The van der Waals surface area contributed by atoms with E-state index in [2.05, 4.69) is 15.9 Å². The third kappa shape index (κ3) is 2.43. The lowest BCUT2D eigenvalue weighted by Crippen LogP contribution is -2.13. The summed E-state index contributed by atoms with van der Waals surface area (Å²) in [5.41, 5.74) is 0.747. The maximum absolute atomic E-state index is 11.0. The lowest BCUT2D eigenvalue weighted by atomic mass is 10.2. The fourth-order valence-corrected chi connectivity index (χ4v) is 2.85. The summed E-state index contributed by atoms with van der Waals surface area (Å²) < 4.78 is 22.4. The molecule has 0 spiro atoms. The van der Waals surface area contributed by atoms with Crippen LogP contribution >= 0.6 is 27.5 Å². The van der Waals surface area contributed by atoms with E-state index in [9.17, 15) is 8.42 Å². The standard InChI is InChI=1S/C7H7BrClNO2S/c1-4-2-5(9)7(8)6(3-4)13(10,11)12/h2-3H,1H3,(H2,10,11,12). The minimum Gasteiger partial charge on any atom is -0.225 e. The van der Waals surface area contributed by atoms with Crippen LogP contribution in [0.3, 0.4) is 0 Å². The Morgan fingerprint density at radius 2 is 2.00 bits per heavy atom. The molecule has 0 aliphatic heterocycles. The molecule has 0 aliphatic carbocycles. The first-order chi connectivity index (χ1) is 5.82. The maximum Gasteiger partial charge on any atom is 0.239 e. The molecule has 0 unspecified atom stereocenters. The number of nitrogens with two attached hydrogens (primary N) is 1. The van der Waals surface area contributed by atoms with Crippen molar-refractivity contribution in [2.24, 2.45) is 5.14 Å². The number of halogens is 2. The lowest BCUT2D eigenvalue weighted by Gasteiger charge is -2.04. The summed E-state index contributed by atoms with van der Waals surface area (Å²) in [5.74, 6) is 0. The Morgan fingerprint density at radius 1 is 1.46 bits per heavy atom. The van der Waals surface area contributed by atoms with Crippen molar-refractivity contribution in [3.63, 3.8) is 0 Å². The molecule has 0 fully saturated rings. The summed E-state index contributed by atoms with van der Waals surface area (Å²) in [7, 11) is -3.71. The van der Waals surface area contributed by atoms with Crippen LogP contribution in [0.2, 0.25) is 5.02 Å². The van der Waals surface area contributed by atoms with Crippen LogP contribution < -0.4 is 5.14 Å². The Labute approximate surface area is 90.1 Å². The molecule has 1 aromatic carbocycles. The molecule has 0 atom stereocenters. The molecule has 1 rings (SSSR count). The SMILES string of the molecule is Cc1cc(Cl)c(Br)c(S(N)(=O)=O)c1. The van der Waals surface area contributed by atoms with Gasteiger partial charge in [0.25, 0.3) is 0 Å². The van der Waals surface area contributed by atoms with Gasteiger partial charge in [-0.05, 0) is 40.5 Å². The summed E-state index contributed by atoms with van der Waals surface area (Å²) in [6.07, 6.45) is 0. The molecule has 0 heterocycles. The van der Waals surface area contributed by atoms with Crippen LogP contribution in [0.4, 0.5) is 0 Å². The number of aryl methyl sites for hydroxylation is 1. The van der Waals surface area contributed by atoms with Crippen molar-refractivity contribution >= 4 is 37.6 Å². The molecular weight excluding hydrogens is 278 g/mol. The minimum atomic E-state index is -3.71. The van der Waals surface area contributed by atoms with Crippen molar-refractivity contribution in [1.29, 1.82) is 0 Å². The van der Waals surface area contributed by atoms with Crippen molar-refractivity contribution in [1.82, 2.24) is 0 Å². The lowest BCUT2D eigenvalue weighted by molar-refractivity contribution is 0.597. The number of hydrogen-bond acceptors (Lipinski definition) is 2. The van der Waals surface area contributed by atoms with E-state index in [-0.39, 0.29) is 4.90 Å². The second-order valence-corrected chi connectivity index (χ2v) is 5.33. The number of primary sulfonamides is 1. The highest BCUT2D eigenvalue weighted by atomic mass is 79.9. The average molecular weight is 285 g/mol. The van der Waals surface area contributed by atoms with Gasteiger partial charge >= 0.3 is 0 Å². The van der Waals surface area contributed by atoms with Crippen LogP contribution in [0.15, 0.2) is 21.5 Å². The molecule has 6 heteroatoms. The topological polar surface area (TPSA) is 60.2 Å². The second-order valence-electron chi connectivity index (χ2n) is 2.60. The Balaban J connectivity index is 3.56. The van der Waals surface area contributed by atoms with Crippen LogP contribution in [0.1, 0.15) is 5.56 Å². The number of rotatable bonds is 1. The van der Waals surface area contributed by atoms with Crippen molar-refractivity contribution in [2.75, 3.05) is 0 Å². The van der Waals surface area contributed by atoms with Gasteiger partial charge in [0.1, 0.15) is 0 Å². The minimum absolute atomic E-state index is 0.0116. The van der Waals surface area contributed by atoms with E-state index in [0.717, 1.165) is 5.56 Å². The van der Waals surface area contributed by atoms with Gasteiger partial charge in [-0.1, -0.05) is 11.6 Å². The van der Waals surface area contributed by atoms with E-state index >= 15 is 0 Å². The average Bonchev–Trinajstić information content (AvgIpc) is 1.94. The van der Waals surface area contributed by atoms with Gasteiger partial charge in [0, 0.05) is 0 Å². The van der Waals surface area contributed by atoms with Gasteiger partial charge in [0.2, 0.25) is 10.0 Å². The first-order valence-corrected chi connectivity index (χ1v) is 6.02. The summed E-state index contributed by atoms with van der Waals surface area (Å²) in [6.45, 7) is 1.74. The summed E-state index contributed by atoms with van der Waals surface area (Å²) >= 11 is 8.82. The first kappa shape index (κ1) is 11.0. The molecule has 2 N–H and O–H groups in total. The van der Waals surface area contributed by atoms with Gasteiger partial charge in [-0.2, -0.15) is 0 Å². The highest BCUT2D eigenvalue weighted by Gasteiger charge is 2.15. The van der Waals surface area contributed by atoms with Crippen LogP contribution in [0, 0.1) is 6.92 Å². The Hall–Kier alpha value is -0.100. The smallest absolute Gasteiger partial charge is 0.225 e. The van der Waals surface area contributed by atoms with Crippen molar-refractivity contribution < 1.29 is 8.42 Å². The molecule has 0 saturated heterocycles. The summed E-state index contributed by atoms with van der Waals surface area (Å²) in [6, 6.07) is 3.12. The summed E-state index contributed by atoms with van der Waals surface area (Å²) in [4.78, 5) is 0.0116. The van der Waals surface area contributed by atoms with Crippen LogP contribution in [0.25, 0.3) is 0 Å². The molecule has 72 valence electrons. The van der Waals surface area contributed by atoms with E-state index in [1.54, 1.807) is 13.0 Å². The van der Waals surface area contributed by atoms with Gasteiger partial charge in [0.05, 0.1) is 14.4 Å². The van der Waals surface area contributed by atoms with Gasteiger partial charge < -0.3 is 0 Å². The van der Waals surface area contributed by atoms with Gasteiger partial charge in [0.15, 0.2) is 0 Å². The predicted octanol–water partition coefficient (Wildman–Crippen LogP) is 2.06. The van der Waals surface area contributed by atoms with Crippen LogP contribution in [-0.2, 0) is 10.0 Å². The summed E-state index contributed by atoms with van der Waals surface area (Å²) in [5, 5.41) is 5.32. The Bertz CT molecular complexity index is 444. The zero-order chi connectivity index (χ0) is 10.2. The van der Waals surface area contributed by atoms with Gasteiger partial charge in [-0.15, -0.1) is 0 Å². The highest BCUT2D eigenvalue weighted by molar-refractivity contribution is 9.10. The first-order valence-electron chi connectivity index (χ1n) is 3.31. The van der Waals surface area contributed by atoms with E-state index in [1.165, 1.54) is 6.07 Å². The van der Waals surface area contributed by atoms with Gasteiger partial charge in [-0.25, -0.2) is 13.6 Å². The van der Waals surface area contributed by atoms with E-state index in [4.69, 9.17) is 16.7 Å². The zero-order valence-electron chi connectivity index (χ0n) is 6.71. The molecular formula is C7H7BrClNO2S.